The summed E-state index contributed by atoms with van der Waals surface area (Å²) in [5, 5.41) is 11.8. The van der Waals surface area contributed by atoms with E-state index in [1.807, 2.05) is 6.07 Å². The monoisotopic (exact) mass is 314 g/mol. The minimum Gasteiger partial charge on any atom is -0.481 e. The van der Waals surface area contributed by atoms with Crippen LogP contribution in [0.25, 0.3) is 0 Å². The highest BCUT2D eigenvalue weighted by Crippen LogP contribution is 2.18. The van der Waals surface area contributed by atoms with E-state index >= 15 is 0 Å². The zero-order valence-corrected chi connectivity index (χ0v) is 12.9. The quantitative estimate of drug-likeness (QED) is 0.800. The first kappa shape index (κ1) is 16.5. The first-order valence-corrected chi connectivity index (χ1v) is 7.13. The van der Waals surface area contributed by atoms with Crippen molar-refractivity contribution in [2.45, 2.75) is 19.4 Å². The topological polar surface area (TPSA) is 88.4 Å². The van der Waals surface area contributed by atoms with Gasteiger partial charge in [-0.05, 0) is 18.6 Å². The Morgan fingerprint density at radius 2 is 1.87 bits per heavy atom. The molecule has 6 nitrogen and oxygen atoms in total. The summed E-state index contributed by atoms with van der Waals surface area (Å²) in [5.41, 5.74) is 1.46. The first-order chi connectivity index (χ1) is 10.9. The Hall–Kier alpha value is -2.89. The third-order valence-electron chi connectivity index (χ3n) is 3.53. The fourth-order valence-electron chi connectivity index (χ4n) is 2.33. The van der Waals surface area contributed by atoms with Crippen LogP contribution in [-0.4, -0.2) is 27.3 Å². The molecule has 120 valence electrons. The number of hydrogen-bond donors (Lipinski definition) is 2. The summed E-state index contributed by atoms with van der Waals surface area (Å²) in [6, 6.07) is 9.77. The number of nitrogens with zero attached hydrogens (tertiary/aromatic N) is 1. The van der Waals surface area contributed by atoms with Gasteiger partial charge in [0.05, 0.1) is 12.5 Å². The summed E-state index contributed by atoms with van der Waals surface area (Å²) in [7, 11) is 1.66. The number of ketones is 1. The Labute approximate surface area is 133 Å². The molecular weight excluding hydrogens is 296 g/mol. The van der Waals surface area contributed by atoms with E-state index in [-0.39, 0.29) is 12.2 Å². The molecule has 0 aliphatic rings. The molecule has 2 aromatic rings. The predicted molar refractivity (Wildman–Crippen MR) is 84.3 cm³/mol. The average molecular weight is 314 g/mol. The lowest BCUT2D eigenvalue weighted by molar-refractivity contribution is -0.137. The second-order valence-electron chi connectivity index (χ2n) is 5.32. The summed E-state index contributed by atoms with van der Waals surface area (Å²) in [5.74, 6) is -1.56. The molecule has 0 saturated heterocycles. The van der Waals surface area contributed by atoms with Crippen molar-refractivity contribution < 1.29 is 19.5 Å². The first-order valence-electron chi connectivity index (χ1n) is 7.13. The van der Waals surface area contributed by atoms with E-state index in [1.165, 1.54) is 13.0 Å². The van der Waals surface area contributed by atoms with Crippen molar-refractivity contribution in [3.63, 3.8) is 0 Å². The van der Waals surface area contributed by atoms with Gasteiger partial charge in [-0.1, -0.05) is 30.3 Å². The second-order valence-corrected chi connectivity index (χ2v) is 5.32. The van der Waals surface area contributed by atoms with E-state index in [1.54, 1.807) is 42.1 Å². The highest BCUT2D eigenvalue weighted by atomic mass is 16.4. The molecule has 1 aromatic carbocycles. The van der Waals surface area contributed by atoms with E-state index < -0.39 is 17.9 Å². The Morgan fingerprint density at radius 1 is 1.22 bits per heavy atom. The zero-order valence-electron chi connectivity index (χ0n) is 12.9. The molecule has 2 N–H and O–H groups in total. The Kier molecular flexibility index (Phi) is 4.95. The lowest BCUT2D eigenvalue weighted by atomic mass is 10.0. The number of carboxylic acid groups (broad SMARTS) is 1. The largest absolute Gasteiger partial charge is 0.481 e. The number of Topliss-reactive ketones (excluding diaryl/α,β-unsaturated/α-hetero) is 1. The predicted octanol–water partition coefficient (Wildman–Crippen LogP) is 2.17. The molecule has 1 unspecified atom stereocenters. The van der Waals surface area contributed by atoms with Crippen molar-refractivity contribution in [1.29, 1.82) is 0 Å². The van der Waals surface area contributed by atoms with Crippen molar-refractivity contribution in [2.75, 3.05) is 0 Å². The van der Waals surface area contributed by atoms with Crippen molar-refractivity contribution in [1.82, 2.24) is 9.88 Å². The maximum Gasteiger partial charge on any atom is 0.305 e. The molecule has 0 aliphatic carbocycles. The van der Waals surface area contributed by atoms with Gasteiger partial charge in [0.2, 0.25) is 0 Å². The fourth-order valence-corrected chi connectivity index (χ4v) is 2.33. The van der Waals surface area contributed by atoms with Crippen LogP contribution in [0, 0.1) is 0 Å². The molecule has 0 saturated carbocycles. The summed E-state index contributed by atoms with van der Waals surface area (Å²) in [6.07, 6.45) is 1.35. The van der Waals surface area contributed by atoms with E-state index in [0.29, 0.717) is 16.8 Å². The van der Waals surface area contributed by atoms with Crippen LogP contribution in [-0.2, 0) is 11.8 Å². The molecule has 1 amide bonds. The van der Waals surface area contributed by atoms with E-state index in [2.05, 4.69) is 5.32 Å². The van der Waals surface area contributed by atoms with Gasteiger partial charge in [0.25, 0.3) is 5.91 Å². The highest BCUT2D eigenvalue weighted by Gasteiger charge is 2.21. The summed E-state index contributed by atoms with van der Waals surface area (Å²) in [4.78, 5) is 34.9. The van der Waals surface area contributed by atoms with Crippen LogP contribution in [0.2, 0.25) is 0 Å². The molecule has 0 radical (unpaired) electrons. The molecule has 0 fully saturated rings. The normalized spacial score (nSPS) is 11.7. The number of aliphatic carboxylic acids is 1. The average Bonchev–Trinajstić information content (AvgIpc) is 2.89. The Balaban J connectivity index is 2.24. The lowest BCUT2D eigenvalue weighted by Crippen LogP contribution is -2.31. The number of nitrogens with one attached hydrogen (secondary N) is 1. The van der Waals surface area contributed by atoms with Crippen LogP contribution in [0.4, 0.5) is 0 Å². The highest BCUT2D eigenvalue weighted by molar-refractivity contribution is 5.99. The second kappa shape index (κ2) is 6.91. The van der Waals surface area contributed by atoms with Crippen molar-refractivity contribution in [3.8, 4) is 0 Å². The number of carboxylic acids is 1. The number of benzene rings is 1. The van der Waals surface area contributed by atoms with E-state index in [9.17, 15) is 14.4 Å². The third-order valence-corrected chi connectivity index (χ3v) is 3.53. The minimum atomic E-state index is -1.00. The molecule has 0 bridgehead atoms. The van der Waals surface area contributed by atoms with Gasteiger partial charge in [0, 0.05) is 18.8 Å². The minimum absolute atomic E-state index is 0.134. The molecular formula is C17H18N2O4. The number of aromatic nitrogens is 1. The van der Waals surface area contributed by atoms with E-state index in [4.69, 9.17) is 5.11 Å². The van der Waals surface area contributed by atoms with Crippen LogP contribution in [0.1, 0.15) is 45.8 Å². The smallest absolute Gasteiger partial charge is 0.305 e. The number of amides is 1. The van der Waals surface area contributed by atoms with Gasteiger partial charge in [-0.3, -0.25) is 14.4 Å². The van der Waals surface area contributed by atoms with Crippen LogP contribution in [0.15, 0.2) is 42.6 Å². The molecule has 1 aromatic heterocycles. The van der Waals surface area contributed by atoms with Crippen LogP contribution in [0.3, 0.4) is 0 Å². The van der Waals surface area contributed by atoms with Crippen LogP contribution >= 0.6 is 0 Å². The van der Waals surface area contributed by atoms with E-state index in [0.717, 1.165) is 0 Å². The van der Waals surface area contributed by atoms with Crippen molar-refractivity contribution in [3.05, 3.63) is 59.4 Å². The molecule has 0 spiro atoms. The fraction of sp³-hybridized carbons (Fsp3) is 0.235. The van der Waals surface area contributed by atoms with Gasteiger partial charge in [-0.2, -0.15) is 0 Å². The number of aryl methyl sites for hydroxylation is 1. The summed E-state index contributed by atoms with van der Waals surface area (Å²) < 4.78 is 1.55. The van der Waals surface area contributed by atoms with Gasteiger partial charge in [-0.25, -0.2) is 0 Å². The zero-order chi connectivity index (χ0) is 17.0. The lowest BCUT2D eigenvalue weighted by Gasteiger charge is -2.17. The van der Waals surface area contributed by atoms with Crippen molar-refractivity contribution in [2.24, 2.45) is 7.05 Å². The molecule has 1 atom stereocenters. The summed E-state index contributed by atoms with van der Waals surface area (Å²) >= 11 is 0. The Bertz CT molecular complexity index is 734. The molecule has 6 heteroatoms. The summed E-state index contributed by atoms with van der Waals surface area (Å²) in [6.45, 7) is 1.42. The number of rotatable bonds is 6. The van der Waals surface area contributed by atoms with Gasteiger partial charge < -0.3 is 15.0 Å². The standard InChI is InChI=1S/C17H18N2O4/c1-11(20)13-8-15(19(2)10-13)17(23)18-14(9-16(21)22)12-6-4-3-5-7-12/h3-8,10,14H,9H2,1-2H3,(H,18,23)(H,21,22). The molecule has 23 heavy (non-hydrogen) atoms. The van der Waals surface area contributed by atoms with Gasteiger partial charge in [0.15, 0.2) is 5.78 Å². The molecule has 2 rings (SSSR count). The SMILES string of the molecule is CC(=O)c1cc(C(=O)NC(CC(=O)O)c2ccccc2)n(C)c1. The van der Waals surface area contributed by atoms with Gasteiger partial charge in [0.1, 0.15) is 5.69 Å². The van der Waals surface area contributed by atoms with Crippen molar-refractivity contribution >= 4 is 17.7 Å². The number of carbonyl (C=O) groups excluding carboxylic acids is 2. The molecule has 1 heterocycles. The van der Waals surface area contributed by atoms with Crippen LogP contribution in [0.5, 0.6) is 0 Å². The maximum absolute atomic E-state index is 12.4. The number of hydrogen-bond acceptors (Lipinski definition) is 3. The number of carbonyl (C=O) groups is 3. The van der Waals surface area contributed by atoms with Gasteiger partial charge >= 0.3 is 5.97 Å². The van der Waals surface area contributed by atoms with Gasteiger partial charge in [-0.15, -0.1) is 0 Å². The third kappa shape index (κ3) is 4.06. The molecule has 0 aliphatic heterocycles. The van der Waals surface area contributed by atoms with Crippen LogP contribution < -0.4 is 5.32 Å². The maximum atomic E-state index is 12.4. The Morgan fingerprint density at radius 3 is 2.39 bits per heavy atom.